The zero-order valence-electron chi connectivity index (χ0n) is 14.0. The van der Waals surface area contributed by atoms with Crippen LogP contribution >= 0.6 is 0 Å². The number of aryl methyl sites for hydroxylation is 1. The Kier molecular flexibility index (Phi) is 5.76. The van der Waals surface area contributed by atoms with E-state index in [1.54, 1.807) is 9.58 Å². The average molecular weight is 323 g/mol. The molecule has 23 heavy (non-hydrogen) atoms. The van der Waals surface area contributed by atoms with Crippen LogP contribution in [0, 0.1) is 5.92 Å². The minimum Gasteiger partial charge on any atom is -0.481 e. The molecule has 1 aromatic rings. The number of rotatable bonds is 6. The Morgan fingerprint density at radius 3 is 2.83 bits per heavy atom. The highest BCUT2D eigenvalue weighted by Crippen LogP contribution is 2.17. The topological polar surface area (TPSA) is 84.7 Å². The summed E-state index contributed by atoms with van der Waals surface area (Å²) < 4.78 is 7.04. The maximum atomic E-state index is 12.9. The van der Waals surface area contributed by atoms with Gasteiger partial charge >= 0.3 is 5.97 Å². The van der Waals surface area contributed by atoms with Crippen LogP contribution in [0.15, 0.2) is 6.07 Å². The van der Waals surface area contributed by atoms with Crippen molar-refractivity contribution in [1.29, 1.82) is 0 Å². The number of carboxylic acids is 1. The van der Waals surface area contributed by atoms with E-state index < -0.39 is 12.0 Å². The van der Waals surface area contributed by atoms with Gasteiger partial charge in [-0.2, -0.15) is 5.10 Å². The van der Waals surface area contributed by atoms with Crippen LogP contribution in [0.25, 0.3) is 0 Å². The van der Waals surface area contributed by atoms with E-state index in [0.717, 1.165) is 12.1 Å². The molecular formula is C16H25N3O4. The largest absolute Gasteiger partial charge is 0.481 e. The number of carboxylic acid groups (broad SMARTS) is 1. The zero-order chi connectivity index (χ0) is 17.0. The fraction of sp³-hybridized carbons (Fsp3) is 0.688. The van der Waals surface area contributed by atoms with Gasteiger partial charge in [-0.15, -0.1) is 0 Å². The average Bonchev–Trinajstić information content (AvgIpc) is 2.88. The van der Waals surface area contributed by atoms with Gasteiger partial charge in [-0.05, 0) is 25.3 Å². The first-order chi connectivity index (χ1) is 10.9. The number of nitrogens with zero attached hydrogens (tertiary/aromatic N) is 3. The van der Waals surface area contributed by atoms with Crippen LogP contribution in [-0.2, 0) is 22.5 Å². The van der Waals surface area contributed by atoms with Crippen molar-refractivity contribution < 1.29 is 19.4 Å². The molecule has 0 aliphatic carbocycles. The summed E-state index contributed by atoms with van der Waals surface area (Å²) in [6, 6.07) is 1.40. The lowest BCUT2D eigenvalue weighted by molar-refractivity contribution is -0.139. The van der Waals surface area contributed by atoms with Gasteiger partial charge in [-0.25, -0.2) is 0 Å². The van der Waals surface area contributed by atoms with Crippen molar-refractivity contribution in [2.75, 3.05) is 19.8 Å². The minimum absolute atomic E-state index is 0.106. The quantitative estimate of drug-likeness (QED) is 0.856. The van der Waals surface area contributed by atoms with E-state index >= 15 is 0 Å². The van der Waals surface area contributed by atoms with Gasteiger partial charge in [0.05, 0.1) is 31.4 Å². The van der Waals surface area contributed by atoms with Crippen LogP contribution in [0.3, 0.4) is 0 Å². The lowest BCUT2D eigenvalue weighted by Crippen LogP contribution is -2.50. The number of ether oxygens (including phenoxy) is 1. The van der Waals surface area contributed by atoms with E-state index in [1.807, 2.05) is 13.0 Å². The van der Waals surface area contributed by atoms with E-state index in [-0.39, 0.29) is 18.9 Å². The van der Waals surface area contributed by atoms with Gasteiger partial charge in [0.25, 0.3) is 5.91 Å². The van der Waals surface area contributed by atoms with Crippen LogP contribution in [0.5, 0.6) is 0 Å². The fourth-order valence-corrected chi connectivity index (χ4v) is 2.84. The lowest BCUT2D eigenvalue weighted by Gasteiger charge is -2.34. The van der Waals surface area contributed by atoms with Crippen LogP contribution in [0.1, 0.15) is 43.4 Å². The molecule has 0 bridgehead atoms. The summed E-state index contributed by atoms with van der Waals surface area (Å²) in [5, 5.41) is 13.5. The van der Waals surface area contributed by atoms with Gasteiger partial charge in [-0.3, -0.25) is 14.3 Å². The highest BCUT2D eigenvalue weighted by Gasteiger charge is 2.31. The summed E-state index contributed by atoms with van der Waals surface area (Å²) in [5.41, 5.74) is 1.42. The van der Waals surface area contributed by atoms with E-state index in [2.05, 4.69) is 18.9 Å². The maximum Gasteiger partial charge on any atom is 0.305 e. The molecule has 1 aliphatic rings. The number of amides is 1. The number of morpholine rings is 1. The van der Waals surface area contributed by atoms with Crippen molar-refractivity contribution in [1.82, 2.24) is 14.7 Å². The Morgan fingerprint density at radius 2 is 2.22 bits per heavy atom. The summed E-state index contributed by atoms with van der Waals surface area (Å²) in [6.07, 6.45) is 0.708. The van der Waals surface area contributed by atoms with Gasteiger partial charge in [0, 0.05) is 13.1 Å². The molecule has 1 aliphatic heterocycles. The van der Waals surface area contributed by atoms with E-state index in [1.165, 1.54) is 0 Å². The van der Waals surface area contributed by atoms with E-state index in [9.17, 15) is 9.59 Å². The molecule has 2 heterocycles. The highest BCUT2D eigenvalue weighted by atomic mass is 16.5. The Labute approximate surface area is 136 Å². The third-order valence-corrected chi connectivity index (χ3v) is 3.87. The monoisotopic (exact) mass is 323 g/mol. The highest BCUT2D eigenvalue weighted by molar-refractivity contribution is 5.93. The predicted octanol–water partition coefficient (Wildman–Crippen LogP) is 1.42. The molecule has 0 aromatic carbocycles. The van der Waals surface area contributed by atoms with Gasteiger partial charge in [0.15, 0.2) is 0 Å². The molecule has 0 radical (unpaired) electrons. The molecule has 1 N–H and O–H groups in total. The molecule has 128 valence electrons. The van der Waals surface area contributed by atoms with Crippen molar-refractivity contribution in [3.05, 3.63) is 17.5 Å². The second-order valence-electron chi connectivity index (χ2n) is 6.26. The number of carbonyl (C=O) groups excluding carboxylic acids is 1. The molecule has 0 spiro atoms. The predicted molar refractivity (Wildman–Crippen MR) is 84.3 cm³/mol. The Balaban J connectivity index is 2.23. The first-order valence-electron chi connectivity index (χ1n) is 8.09. The van der Waals surface area contributed by atoms with Crippen molar-refractivity contribution in [2.24, 2.45) is 5.92 Å². The first-order valence-corrected chi connectivity index (χ1v) is 8.09. The fourth-order valence-electron chi connectivity index (χ4n) is 2.84. The number of aromatic nitrogens is 2. The normalized spacial score (nSPS) is 18.4. The van der Waals surface area contributed by atoms with Crippen molar-refractivity contribution in [2.45, 2.75) is 46.2 Å². The van der Waals surface area contributed by atoms with Crippen molar-refractivity contribution >= 4 is 11.9 Å². The molecule has 1 saturated heterocycles. The number of hydrogen-bond donors (Lipinski definition) is 1. The van der Waals surface area contributed by atoms with E-state index in [4.69, 9.17) is 9.84 Å². The van der Waals surface area contributed by atoms with Gasteiger partial charge in [0.2, 0.25) is 0 Å². The third kappa shape index (κ3) is 4.31. The maximum absolute atomic E-state index is 12.9. The van der Waals surface area contributed by atoms with Crippen molar-refractivity contribution in [3.8, 4) is 0 Å². The smallest absolute Gasteiger partial charge is 0.305 e. The Bertz CT molecular complexity index is 568. The van der Waals surface area contributed by atoms with E-state index in [0.29, 0.717) is 31.3 Å². The number of carbonyl (C=O) groups is 2. The SMILES string of the molecule is CCn1nc(CC(C)C)cc1C(=O)N1CCOC[C@H]1CC(=O)O. The Hall–Kier alpha value is -1.89. The molecular weight excluding hydrogens is 298 g/mol. The van der Waals surface area contributed by atoms with Gasteiger partial charge in [-0.1, -0.05) is 13.8 Å². The van der Waals surface area contributed by atoms with Crippen LogP contribution < -0.4 is 0 Å². The summed E-state index contributed by atoms with van der Waals surface area (Å²) in [5.74, 6) is -0.631. The third-order valence-electron chi connectivity index (χ3n) is 3.87. The molecule has 0 unspecified atom stereocenters. The van der Waals surface area contributed by atoms with Gasteiger partial charge < -0.3 is 14.7 Å². The summed E-state index contributed by atoms with van der Waals surface area (Å²) in [6.45, 7) is 7.86. The van der Waals surface area contributed by atoms with Crippen molar-refractivity contribution in [3.63, 3.8) is 0 Å². The second-order valence-corrected chi connectivity index (χ2v) is 6.26. The molecule has 1 aromatic heterocycles. The number of hydrogen-bond acceptors (Lipinski definition) is 4. The van der Waals surface area contributed by atoms with Crippen LogP contribution in [-0.4, -0.2) is 57.5 Å². The van der Waals surface area contributed by atoms with Gasteiger partial charge in [0.1, 0.15) is 5.69 Å². The number of aliphatic carboxylic acids is 1. The second kappa shape index (κ2) is 7.59. The molecule has 1 amide bonds. The molecule has 7 heteroatoms. The molecule has 7 nitrogen and oxygen atoms in total. The Morgan fingerprint density at radius 1 is 1.48 bits per heavy atom. The molecule has 1 fully saturated rings. The zero-order valence-corrected chi connectivity index (χ0v) is 14.0. The molecule has 2 rings (SSSR count). The molecule has 1 atom stereocenters. The standard InChI is InChI=1S/C16H25N3O4/c1-4-19-14(8-12(17-19)7-11(2)3)16(22)18-5-6-23-10-13(18)9-15(20)21/h8,11,13H,4-7,9-10H2,1-3H3,(H,20,21)/t13-/m1/s1. The minimum atomic E-state index is -0.928. The summed E-state index contributed by atoms with van der Waals surface area (Å²) in [7, 11) is 0. The first kappa shape index (κ1) is 17.5. The van der Waals surface area contributed by atoms with Crippen LogP contribution in [0.2, 0.25) is 0 Å². The summed E-state index contributed by atoms with van der Waals surface area (Å²) >= 11 is 0. The summed E-state index contributed by atoms with van der Waals surface area (Å²) in [4.78, 5) is 25.5. The lowest BCUT2D eigenvalue weighted by atomic mass is 10.1. The molecule has 0 saturated carbocycles. The van der Waals surface area contributed by atoms with Crippen LogP contribution in [0.4, 0.5) is 0 Å².